The Kier molecular flexibility index (Phi) is 3.72. The van der Waals surface area contributed by atoms with Gasteiger partial charge in [-0.2, -0.15) is 0 Å². The SMILES string of the molecule is Cc1n(C)cc[n+]1C.c1ccc2ncccc2c1. The van der Waals surface area contributed by atoms with Crippen molar-refractivity contribution < 1.29 is 4.57 Å². The van der Waals surface area contributed by atoms with Crippen LogP contribution in [0.25, 0.3) is 10.9 Å². The van der Waals surface area contributed by atoms with Crippen LogP contribution in [0.2, 0.25) is 0 Å². The van der Waals surface area contributed by atoms with Crippen molar-refractivity contribution in [3.05, 3.63) is 60.8 Å². The largest absolute Gasteiger partial charge is 0.256 e. The molecule has 0 spiro atoms. The lowest BCUT2D eigenvalue weighted by molar-refractivity contribution is -0.677. The van der Waals surface area contributed by atoms with Crippen LogP contribution in [0, 0.1) is 6.92 Å². The van der Waals surface area contributed by atoms with Gasteiger partial charge in [0, 0.05) is 18.5 Å². The second-order valence-electron chi connectivity index (χ2n) is 4.26. The van der Waals surface area contributed by atoms with Crippen LogP contribution in [-0.2, 0) is 14.1 Å². The zero-order valence-electron chi connectivity index (χ0n) is 11.0. The first kappa shape index (κ1) is 12.3. The van der Waals surface area contributed by atoms with E-state index >= 15 is 0 Å². The van der Waals surface area contributed by atoms with Crippen molar-refractivity contribution in [2.75, 3.05) is 0 Å². The molecule has 0 N–H and O–H groups in total. The highest BCUT2D eigenvalue weighted by atomic mass is 15.1. The Morgan fingerprint density at radius 3 is 2.39 bits per heavy atom. The maximum absolute atomic E-state index is 4.18. The van der Waals surface area contributed by atoms with Gasteiger partial charge in [-0.05, 0) is 12.1 Å². The molecule has 0 saturated carbocycles. The molecule has 3 heteroatoms. The molecule has 0 aliphatic heterocycles. The van der Waals surface area contributed by atoms with Crippen molar-refractivity contribution >= 4 is 10.9 Å². The molecule has 18 heavy (non-hydrogen) atoms. The Balaban J connectivity index is 0.000000138. The number of aromatic nitrogens is 3. The number of hydrogen-bond acceptors (Lipinski definition) is 1. The smallest absolute Gasteiger partial charge is 0.252 e. The molecule has 0 saturated heterocycles. The minimum absolute atomic E-state index is 1.06. The summed E-state index contributed by atoms with van der Waals surface area (Å²) < 4.78 is 4.17. The summed E-state index contributed by atoms with van der Waals surface area (Å²) in [6, 6.07) is 12.1. The Hall–Kier alpha value is -2.16. The average Bonchev–Trinajstić information content (AvgIpc) is 2.71. The van der Waals surface area contributed by atoms with Crippen molar-refractivity contribution in [1.82, 2.24) is 9.55 Å². The highest BCUT2D eigenvalue weighted by molar-refractivity contribution is 5.77. The molecule has 2 aromatic heterocycles. The van der Waals surface area contributed by atoms with Gasteiger partial charge in [0.15, 0.2) is 0 Å². The Morgan fingerprint density at radius 1 is 1.11 bits per heavy atom. The van der Waals surface area contributed by atoms with E-state index in [-0.39, 0.29) is 0 Å². The molecule has 0 atom stereocenters. The molecule has 0 aliphatic carbocycles. The summed E-state index contributed by atoms with van der Waals surface area (Å²) in [4.78, 5) is 4.18. The van der Waals surface area contributed by atoms with E-state index in [4.69, 9.17) is 0 Å². The number of para-hydroxylation sites is 1. The minimum Gasteiger partial charge on any atom is -0.256 e. The van der Waals surface area contributed by atoms with E-state index in [9.17, 15) is 0 Å². The van der Waals surface area contributed by atoms with Crippen LogP contribution in [0.15, 0.2) is 55.0 Å². The summed E-state index contributed by atoms with van der Waals surface area (Å²) in [6.45, 7) is 2.08. The molecule has 0 amide bonds. The van der Waals surface area contributed by atoms with Gasteiger partial charge < -0.3 is 0 Å². The van der Waals surface area contributed by atoms with Gasteiger partial charge in [0.2, 0.25) is 0 Å². The molecule has 3 aromatic rings. The lowest BCUT2D eigenvalue weighted by Crippen LogP contribution is -2.29. The molecule has 0 unspecified atom stereocenters. The lowest BCUT2D eigenvalue weighted by atomic mass is 10.2. The first-order chi connectivity index (χ1) is 8.68. The predicted molar refractivity (Wildman–Crippen MR) is 73.1 cm³/mol. The van der Waals surface area contributed by atoms with Gasteiger partial charge in [0.1, 0.15) is 12.4 Å². The fourth-order valence-electron chi connectivity index (χ4n) is 1.68. The van der Waals surface area contributed by atoms with Crippen molar-refractivity contribution in [2.45, 2.75) is 6.92 Å². The number of rotatable bonds is 0. The van der Waals surface area contributed by atoms with Gasteiger partial charge >= 0.3 is 0 Å². The molecule has 0 aliphatic rings. The number of aryl methyl sites for hydroxylation is 2. The maximum Gasteiger partial charge on any atom is 0.252 e. The highest BCUT2D eigenvalue weighted by Crippen LogP contribution is 2.07. The van der Waals surface area contributed by atoms with Gasteiger partial charge in [-0.1, -0.05) is 24.3 Å². The molecule has 92 valence electrons. The molecule has 0 bridgehead atoms. The minimum atomic E-state index is 1.06. The number of nitrogens with zero attached hydrogens (tertiary/aromatic N) is 3. The molecule has 3 rings (SSSR count). The Labute approximate surface area is 107 Å². The van der Waals surface area contributed by atoms with E-state index in [0.29, 0.717) is 0 Å². The second-order valence-corrected chi connectivity index (χ2v) is 4.26. The molecule has 0 fully saturated rings. The maximum atomic E-state index is 4.18. The van der Waals surface area contributed by atoms with Crippen LogP contribution in [0.1, 0.15) is 5.82 Å². The predicted octanol–water partition coefficient (Wildman–Crippen LogP) is 2.39. The van der Waals surface area contributed by atoms with Crippen LogP contribution in [0.5, 0.6) is 0 Å². The van der Waals surface area contributed by atoms with Gasteiger partial charge in [-0.25, -0.2) is 9.13 Å². The van der Waals surface area contributed by atoms with Crippen LogP contribution in [0.4, 0.5) is 0 Å². The number of fused-ring (bicyclic) bond motifs is 1. The third-order valence-electron chi connectivity index (χ3n) is 3.05. The zero-order chi connectivity index (χ0) is 13.0. The highest BCUT2D eigenvalue weighted by Gasteiger charge is 2.00. The first-order valence-electron chi connectivity index (χ1n) is 5.96. The van der Waals surface area contributed by atoms with Gasteiger partial charge in [-0.3, -0.25) is 4.98 Å². The quantitative estimate of drug-likeness (QED) is 0.553. The summed E-state index contributed by atoms with van der Waals surface area (Å²) in [7, 11) is 4.07. The third kappa shape index (κ3) is 2.74. The lowest BCUT2D eigenvalue weighted by Gasteiger charge is -1.91. The van der Waals surface area contributed by atoms with E-state index in [1.54, 1.807) is 0 Å². The van der Waals surface area contributed by atoms with E-state index in [1.807, 2.05) is 57.0 Å². The third-order valence-corrected chi connectivity index (χ3v) is 3.05. The Bertz CT molecular complexity index is 556. The molecular weight excluding hydrogens is 222 g/mol. The van der Waals surface area contributed by atoms with Gasteiger partial charge in [0.25, 0.3) is 5.82 Å². The second kappa shape index (κ2) is 5.45. The van der Waals surface area contributed by atoms with Crippen molar-refractivity contribution in [1.29, 1.82) is 0 Å². The van der Waals surface area contributed by atoms with E-state index in [1.165, 1.54) is 11.2 Å². The van der Waals surface area contributed by atoms with Crippen LogP contribution in [-0.4, -0.2) is 9.55 Å². The van der Waals surface area contributed by atoms with E-state index < -0.39 is 0 Å². The van der Waals surface area contributed by atoms with Crippen LogP contribution < -0.4 is 4.57 Å². The summed E-state index contributed by atoms with van der Waals surface area (Å²) >= 11 is 0. The average molecular weight is 240 g/mol. The molecule has 3 nitrogen and oxygen atoms in total. The standard InChI is InChI=1S/C9H7N.C6H11N2/c1-2-6-9-8(4-1)5-3-7-10-9;1-6-7(2)4-5-8(6)3/h1-7H;4-5H,1-3H3/q;+1. The molecular formula is C15H18N3+. The number of hydrogen-bond donors (Lipinski definition) is 0. The molecule has 1 aromatic carbocycles. The molecule has 2 heterocycles. The summed E-state index contributed by atoms with van der Waals surface area (Å²) in [5.74, 6) is 1.27. The summed E-state index contributed by atoms with van der Waals surface area (Å²) in [5.41, 5.74) is 1.06. The number of benzene rings is 1. The van der Waals surface area contributed by atoms with Gasteiger partial charge in [-0.15, -0.1) is 0 Å². The van der Waals surface area contributed by atoms with Gasteiger partial charge in [0.05, 0.1) is 19.6 Å². The summed E-state index contributed by atoms with van der Waals surface area (Å²) in [6.07, 6.45) is 5.88. The molecule has 0 radical (unpaired) electrons. The number of imidazole rings is 1. The fraction of sp³-hybridized carbons (Fsp3) is 0.200. The van der Waals surface area contributed by atoms with Crippen molar-refractivity contribution in [3.8, 4) is 0 Å². The van der Waals surface area contributed by atoms with Crippen LogP contribution >= 0.6 is 0 Å². The first-order valence-corrected chi connectivity index (χ1v) is 5.96. The van der Waals surface area contributed by atoms with E-state index in [2.05, 4.69) is 33.2 Å². The zero-order valence-corrected chi connectivity index (χ0v) is 11.0. The Morgan fingerprint density at radius 2 is 1.83 bits per heavy atom. The van der Waals surface area contributed by atoms with Crippen molar-refractivity contribution in [2.24, 2.45) is 14.1 Å². The summed E-state index contributed by atoms with van der Waals surface area (Å²) in [5, 5.41) is 1.20. The van der Waals surface area contributed by atoms with Crippen molar-refractivity contribution in [3.63, 3.8) is 0 Å². The number of pyridine rings is 1. The topological polar surface area (TPSA) is 21.7 Å². The normalized spacial score (nSPS) is 9.94. The van der Waals surface area contributed by atoms with E-state index in [0.717, 1.165) is 5.52 Å². The van der Waals surface area contributed by atoms with Crippen LogP contribution in [0.3, 0.4) is 0 Å². The monoisotopic (exact) mass is 240 g/mol. The fourth-order valence-corrected chi connectivity index (χ4v) is 1.68.